The van der Waals surface area contributed by atoms with Gasteiger partial charge in [-0.05, 0) is 6.42 Å². The van der Waals surface area contributed by atoms with Crippen molar-refractivity contribution in [1.29, 1.82) is 0 Å². The molecule has 19 heavy (non-hydrogen) atoms. The van der Waals surface area contributed by atoms with Gasteiger partial charge >= 0.3 is 0 Å². The van der Waals surface area contributed by atoms with E-state index >= 15 is 0 Å². The Morgan fingerprint density at radius 1 is 0.842 bits per heavy atom. The molecule has 0 saturated carbocycles. The van der Waals surface area contributed by atoms with E-state index in [1.54, 1.807) is 0 Å². The molecule has 2 amide bonds. The largest absolute Gasteiger partial charge is 0.380 e. The van der Waals surface area contributed by atoms with Gasteiger partial charge in [0.25, 0.3) is 11.8 Å². The number of aliphatic hydroxyl groups is 2. The van der Waals surface area contributed by atoms with E-state index in [1.165, 1.54) is 32.1 Å². The molecule has 0 aliphatic carbocycles. The third-order valence-corrected chi connectivity index (χ3v) is 3.57. The van der Waals surface area contributed by atoms with Crippen LogP contribution in [0, 0.1) is 0 Å². The Hall–Kier alpha value is -0.940. The van der Waals surface area contributed by atoms with Gasteiger partial charge in [-0.25, -0.2) is 0 Å². The number of hydrogen-bond donors (Lipinski definition) is 2. The average molecular weight is 271 g/mol. The van der Waals surface area contributed by atoms with Gasteiger partial charge in [-0.1, -0.05) is 51.9 Å². The summed E-state index contributed by atoms with van der Waals surface area (Å²) in [5, 5.41) is 18.5. The monoisotopic (exact) mass is 271 g/mol. The lowest BCUT2D eigenvalue weighted by Gasteiger charge is -2.13. The van der Waals surface area contributed by atoms with Crippen molar-refractivity contribution in [3.8, 4) is 0 Å². The molecule has 0 radical (unpaired) electrons. The van der Waals surface area contributed by atoms with Gasteiger partial charge in [0.1, 0.15) is 0 Å². The van der Waals surface area contributed by atoms with Crippen LogP contribution in [0.1, 0.15) is 58.3 Å². The molecule has 0 aromatic heterocycles. The first-order chi connectivity index (χ1) is 9.09. The Morgan fingerprint density at radius 2 is 1.26 bits per heavy atom. The maximum absolute atomic E-state index is 11.5. The fourth-order valence-electron chi connectivity index (χ4n) is 2.32. The molecule has 1 rings (SSSR count). The molecule has 1 aliphatic heterocycles. The maximum Gasteiger partial charge on any atom is 0.261 e. The van der Waals surface area contributed by atoms with Gasteiger partial charge in [0.2, 0.25) is 0 Å². The van der Waals surface area contributed by atoms with E-state index < -0.39 is 24.0 Å². The Balaban J connectivity index is 2.10. The predicted molar refractivity (Wildman–Crippen MR) is 71.3 cm³/mol. The summed E-state index contributed by atoms with van der Waals surface area (Å²) in [6.45, 7) is 2.49. The number of rotatable bonds is 9. The number of unbranched alkanes of at least 4 members (excludes halogenated alkanes) is 7. The van der Waals surface area contributed by atoms with Crippen LogP contribution in [0.3, 0.4) is 0 Å². The summed E-state index contributed by atoms with van der Waals surface area (Å²) in [5.41, 5.74) is 0. The molecule has 0 spiro atoms. The van der Waals surface area contributed by atoms with Crippen molar-refractivity contribution >= 4 is 11.8 Å². The van der Waals surface area contributed by atoms with Crippen LogP contribution in [0.4, 0.5) is 0 Å². The molecule has 1 saturated heterocycles. The van der Waals surface area contributed by atoms with Crippen LogP contribution < -0.4 is 0 Å². The first-order valence-electron chi connectivity index (χ1n) is 7.31. The van der Waals surface area contributed by atoms with E-state index in [4.69, 9.17) is 0 Å². The molecule has 0 bridgehead atoms. The lowest BCUT2D eigenvalue weighted by Crippen LogP contribution is -2.33. The minimum Gasteiger partial charge on any atom is -0.380 e. The lowest BCUT2D eigenvalue weighted by atomic mass is 10.1. The van der Waals surface area contributed by atoms with Crippen LogP contribution in [0.15, 0.2) is 0 Å². The molecule has 5 nitrogen and oxygen atoms in total. The highest BCUT2D eigenvalue weighted by molar-refractivity contribution is 6.07. The van der Waals surface area contributed by atoms with Crippen molar-refractivity contribution < 1.29 is 19.8 Å². The van der Waals surface area contributed by atoms with Crippen LogP contribution in [0.5, 0.6) is 0 Å². The van der Waals surface area contributed by atoms with E-state index in [-0.39, 0.29) is 0 Å². The van der Waals surface area contributed by atoms with Crippen molar-refractivity contribution in [2.75, 3.05) is 6.54 Å². The summed E-state index contributed by atoms with van der Waals surface area (Å²) >= 11 is 0. The van der Waals surface area contributed by atoms with E-state index in [2.05, 4.69) is 6.92 Å². The standard InChI is InChI=1S/C14H25NO4/c1-2-3-4-5-6-7-8-9-10-15-13(18)11(16)12(17)14(15)19/h11-12,16-17H,2-10H2,1H3. The normalized spacial score (nSPS) is 23.4. The SMILES string of the molecule is CCCCCCCCCCN1C(=O)C(O)C(O)C1=O. The third-order valence-electron chi connectivity index (χ3n) is 3.57. The topological polar surface area (TPSA) is 77.8 Å². The minimum absolute atomic E-state index is 0.306. The van der Waals surface area contributed by atoms with Gasteiger partial charge in [0.05, 0.1) is 0 Å². The van der Waals surface area contributed by atoms with E-state index in [0.29, 0.717) is 6.54 Å². The third kappa shape index (κ3) is 4.58. The average Bonchev–Trinajstić information content (AvgIpc) is 2.59. The fourth-order valence-corrected chi connectivity index (χ4v) is 2.32. The van der Waals surface area contributed by atoms with Gasteiger partial charge in [0.15, 0.2) is 12.2 Å². The molecular formula is C14H25NO4. The quantitative estimate of drug-likeness (QED) is 0.488. The summed E-state index contributed by atoms with van der Waals surface area (Å²) in [6.07, 6.45) is 5.91. The highest BCUT2D eigenvalue weighted by Crippen LogP contribution is 2.15. The van der Waals surface area contributed by atoms with E-state index in [0.717, 1.165) is 24.2 Å². The molecular weight excluding hydrogens is 246 g/mol. The number of carbonyl (C=O) groups is 2. The van der Waals surface area contributed by atoms with Gasteiger partial charge in [-0.2, -0.15) is 0 Å². The molecule has 2 N–H and O–H groups in total. The zero-order chi connectivity index (χ0) is 14.3. The number of carbonyl (C=O) groups excluding carboxylic acids is 2. The number of likely N-dealkylation sites (tertiary alicyclic amines) is 1. The Labute approximate surface area is 114 Å². The van der Waals surface area contributed by atoms with Crippen molar-refractivity contribution in [2.45, 2.75) is 70.5 Å². The maximum atomic E-state index is 11.5. The molecule has 0 aromatic carbocycles. The highest BCUT2D eigenvalue weighted by Gasteiger charge is 2.45. The zero-order valence-corrected chi connectivity index (χ0v) is 11.7. The second kappa shape index (κ2) is 8.27. The van der Waals surface area contributed by atoms with Crippen molar-refractivity contribution in [3.63, 3.8) is 0 Å². The molecule has 110 valence electrons. The molecule has 5 heteroatoms. The van der Waals surface area contributed by atoms with Crippen LogP contribution in [0.2, 0.25) is 0 Å². The van der Waals surface area contributed by atoms with Crippen molar-refractivity contribution in [1.82, 2.24) is 4.90 Å². The van der Waals surface area contributed by atoms with Crippen LogP contribution in [0.25, 0.3) is 0 Å². The molecule has 1 heterocycles. The summed E-state index contributed by atoms with van der Waals surface area (Å²) in [6, 6.07) is 0. The lowest BCUT2D eigenvalue weighted by molar-refractivity contribution is -0.141. The minimum atomic E-state index is -1.57. The molecule has 1 aliphatic rings. The number of imide groups is 1. The van der Waals surface area contributed by atoms with Crippen LogP contribution >= 0.6 is 0 Å². The summed E-state index contributed by atoms with van der Waals surface area (Å²) in [4.78, 5) is 23.9. The number of aliphatic hydroxyl groups excluding tert-OH is 2. The van der Waals surface area contributed by atoms with Gasteiger partial charge < -0.3 is 10.2 Å². The van der Waals surface area contributed by atoms with Crippen molar-refractivity contribution in [2.24, 2.45) is 0 Å². The second-order valence-electron chi connectivity index (χ2n) is 5.19. The van der Waals surface area contributed by atoms with Gasteiger partial charge in [-0.15, -0.1) is 0 Å². The zero-order valence-electron chi connectivity index (χ0n) is 11.7. The van der Waals surface area contributed by atoms with E-state index in [9.17, 15) is 19.8 Å². The fraction of sp³-hybridized carbons (Fsp3) is 0.857. The van der Waals surface area contributed by atoms with Crippen LogP contribution in [-0.4, -0.2) is 45.7 Å². The summed E-state index contributed by atoms with van der Waals surface area (Å²) < 4.78 is 0. The van der Waals surface area contributed by atoms with Crippen molar-refractivity contribution in [3.05, 3.63) is 0 Å². The second-order valence-corrected chi connectivity index (χ2v) is 5.19. The Morgan fingerprint density at radius 3 is 1.74 bits per heavy atom. The van der Waals surface area contributed by atoms with Gasteiger partial charge in [-0.3, -0.25) is 14.5 Å². The summed E-state index contributed by atoms with van der Waals surface area (Å²) in [5.74, 6) is -1.33. The van der Waals surface area contributed by atoms with E-state index in [1.807, 2.05) is 0 Å². The number of nitrogens with zero attached hydrogens (tertiary/aromatic N) is 1. The first kappa shape index (κ1) is 16.1. The molecule has 1 fully saturated rings. The molecule has 2 unspecified atom stereocenters. The molecule has 0 aromatic rings. The smallest absolute Gasteiger partial charge is 0.261 e. The first-order valence-corrected chi connectivity index (χ1v) is 7.31. The number of hydrogen-bond acceptors (Lipinski definition) is 4. The predicted octanol–water partition coefficient (Wildman–Crippen LogP) is 1.22. The number of amides is 2. The Kier molecular flexibility index (Phi) is 7.02. The van der Waals surface area contributed by atoms with Gasteiger partial charge in [0, 0.05) is 6.54 Å². The highest BCUT2D eigenvalue weighted by atomic mass is 16.4. The summed E-state index contributed by atoms with van der Waals surface area (Å²) in [7, 11) is 0. The molecule has 2 atom stereocenters. The van der Waals surface area contributed by atoms with Crippen LogP contribution in [-0.2, 0) is 9.59 Å². The Bertz CT molecular complexity index is 286.